The number of nitrogens with one attached hydrogen (secondary N) is 2. The summed E-state index contributed by atoms with van der Waals surface area (Å²) >= 11 is 0. The molecule has 13 nitrogen and oxygen atoms in total. The van der Waals surface area contributed by atoms with Crippen LogP contribution in [-0.2, 0) is 33.3 Å². The Bertz CT molecular complexity index is 1050. The van der Waals surface area contributed by atoms with Crippen LogP contribution in [0, 0.1) is 0 Å². The second-order valence-corrected chi connectivity index (χ2v) is 8.21. The van der Waals surface area contributed by atoms with E-state index in [1.807, 2.05) is 0 Å². The van der Waals surface area contributed by atoms with E-state index < -0.39 is 80.4 Å². The van der Waals surface area contributed by atoms with E-state index in [-0.39, 0.29) is 37.3 Å². The van der Waals surface area contributed by atoms with E-state index in [1.54, 1.807) is 0 Å². The number of imidazole rings is 1. The first-order valence-corrected chi connectivity index (χ1v) is 11.6. The summed E-state index contributed by atoms with van der Waals surface area (Å²) in [5.41, 5.74) is -0.0732. The fourth-order valence-corrected chi connectivity index (χ4v) is 3.83. The van der Waals surface area contributed by atoms with E-state index in [1.165, 1.54) is 31.7 Å². The highest BCUT2D eigenvalue weighted by Crippen LogP contribution is 2.37. The number of aliphatic hydroxyl groups is 1. The van der Waals surface area contributed by atoms with Gasteiger partial charge < -0.3 is 34.7 Å². The quantitative estimate of drug-likeness (QED) is 0.285. The molecule has 13 heteroatoms. The topological polar surface area (TPSA) is 167 Å². The largest absolute Gasteiger partial charge is 0.463 e. The van der Waals surface area contributed by atoms with Crippen molar-refractivity contribution in [3.8, 4) is 0 Å². The van der Waals surface area contributed by atoms with Crippen LogP contribution in [0.4, 0.5) is 5.82 Å². The molecule has 0 aromatic carbocycles. The number of hydrogen-bond donors (Lipinski definition) is 3. The molecule has 0 radical (unpaired) electrons. The van der Waals surface area contributed by atoms with Gasteiger partial charge in [-0.1, -0.05) is 20.8 Å². The summed E-state index contributed by atoms with van der Waals surface area (Å²) in [5.74, 6) is -2.77. The lowest BCUT2D eigenvalue weighted by molar-refractivity contribution is -0.169. The fraction of sp³-hybridized carbons (Fsp3) is 0.696. The van der Waals surface area contributed by atoms with E-state index in [4.69, 9.17) is 23.1 Å². The number of fused-ring (bicyclic) bond motifs is 1. The second kappa shape index (κ2) is 12.7. The number of aliphatic hydroxyl groups excluding tert-OH is 1. The Labute approximate surface area is 213 Å². The van der Waals surface area contributed by atoms with Crippen LogP contribution in [0.25, 0.3) is 0 Å². The summed E-state index contributed by atoms with van der Waals surface area (Å²) in [6.45, 7) is 4.02. The molecule has 0 saturated carbocycles. The zero-order valence-corrected chi connectivity index (χ0v) is 20.3. The number of carbonyl (C=O) groups is 4. The number of anilines is 1. The van der Waals surface area contributed by atoms with Crippen LogP contribution >= 0.6 is 0 Å². The summed E-state index contributed by atoms with van der Waals surface area (Å²) < 4.78 is 46.9. The molecule has 1 saturated heterocycles. The summed E-state index contributed by atoms with van der Waals surface area (Å²) in [6, 6.07) is 0. The van der Waals surface area contributed by atoms with Gasteiger partial charge in [-0.15, -0.1) is 0 Å². The molecule has 0 aliphatic carbocycles. The molecule has 200 valence electrons. The van der Waals surface area contributed by atoms with Crippen LogP contribution in [-0.4, -0.2) is 76.2 Å². The number of nitrogens with zero attached hydrogens (tertiary/aromatic N) is 2. The van der Waals surface area contributed by atoms with Gasteiger partial charge in [-0.25, -0.2) is 4.98 Å². The maximum absolute atomic E-state index is 12.7. The van der Waals surface area contributed by atoms with Crippen molar-refractivity contribution in [1.82, 2.24) is 14.9 Å². The maximum atomic E-state index is 12.7. The van der Waals surface area contributed by atoms with Gasteiger partial charge in [0.2, 0.25) is 0 Å². The predicted octanol–water partition coefficient (Wildman–Crippen LogP) is 1.02. The van der Waals surface area contributed by atoms with Crippen molar-refractivity contribution < 1.29 is 47.3 Å². The van der Waals surface area contributed by atoms with Crippen LogP contribution in [0.2, 0.25) is 0 Å². The molecule has 1 amide bonds. The third-order valence-electron chi connectivity index (χ3n) is 5.39. The van der Waals surface area contributed by atoms with E-state index in [9.17, 15) is 24.3 Å². The molecule has 8 atom stereocenters. The first-order valence-electron chi connectivity index (χ1n) is 13.3. The van der Waals surface area contributed by atoms with Crippen LogP contribution in [0.1, 0.15) is 80.1 Å². The molecule has 1 aromatic rings. The van der Waals surface area contributed by atoms with Gasteiger partial charge in [0, 0.05) is 23.4 Å². The third-order valence-corrected chi connectivity index (χ3v) is 5.39. The van der Waals surface area contributed by atoms with Gasteiger partial charge in [0.1, 0.15) is 24.8 Å². The average Bonchev–Trinajstić information content (AvgIpc) is 3.32. The molecular weight excluding hydrogens is 476 g/mol. The molecule has 1 fully saturated rings. The predicted molar refractivity (Wildman–Crippen MR) is 124 cm³/mol. The lowest BCUT2D eigenvalue weighted by Crippen LogP contribution is -2.41. The standard InChI is InChI=1S/C23H34N4O9/c1-4-7-15(29)33-11-13-19(35-16(30)8-5-2)20(36-17(31)9-6-3)23(34-13)27-12-25-18-21(27)24-10-14(28)26-22(18)32/h12-14,19-20,23-24,28H,4-11H2,1-3H3,(H,26,32)/t13-,14?,19-,20-,23?/m1/s1/i4D,5D,6D/t4?,5?,6?,13-,14?,19-,20-,23?. The Balaban J connectivity index is 1.97. The van der Waals surface area contributed by atoms with Crippen molar-refractivity contribution in [2.75, 3.05) is 18.5 Å². The molecule has 3 heterocycles. The lowest BCUT2D eigenvalue weighted by Gasteiger charge is -2.25. The Morgan fingerprint density at radius 1 is 1.11 bits per heavy atom. The van der Waals surface area contributed by atoms with Crippen molar-refractivity contribution >= 4 is 29.6 Å². The van der Waals surface area contributed by atoms with Gasteiger partial charge in [0.15, 0.2) is 24.1 Å². The van der Waals surface area contributed by atoms with Crippen LogP contribution in [0.5, 0.6) is 0 Å². The Morgan fingerprint density at radius 2 is 1.72 bits per heavy atom. The normalized spacial score (nSPS) is 29.1. The van der Waals surface area contributed by atoms with Gasteiger partial charge in [-0.2, -0.15) is 0 Å². The Kier molecular flexibility index (Phi) is 8.18. The molecule has 1 aromatic heterocycles. The average molecular weight is 514 g/mol. The summed E-state index contributed by atoms with van der Waals surface area (Å²) in [6.07, 6.45) is -7.96. The van der Waals surface area contributed by atoms with E-state index in [0.717, 1.165) is 0 Å². The molecule has 0 bridgehead atoms. The molecule has 3 N–H and O–H groups in total. The molecule has 0 spiro atoms. The SMILES string of the molecule is [2H]C(C)CC(=O)OC[C@H]1OC(n2cnc3c2NCC(O)NC3=O)[C@H](OC(=O)CC([2H])C)[C@@H]1OC(=O)CC([2H])C. The van der Waals surface area contributed by atoms with Gasteiger partial charge in [0.05, 0.1) is 12.9 Å². The van der Waals surface area contributed by atoms with E-state index in [0.29, 0.717) is 0 Å². The summed E-state index contributed by atoms with van der Waals surface area (Å²) in [7, 11) is 0. The number of hydrogen-bond acceptors (Lipinski definition) is 11. The molecule has 3 rings (SSSR count). The van der Waals surface area contributed by atoms with Gasteiger partial charge >= 0.3 is 17.9 Å². The lowest BCUT2D eigenvalue weighted by atomic mass is 10.1. The highest BCUT2D eigenvalue weighted by atomic mass is 16.7. The number of β-amino-alcohol motifs (C(OH)–C–C–N with tert-alkyl or cyclic N) is 1. The number of rotatable bonds is 11. The molecule has 36 heavy (non-hydrogen) atoms. The van der Waals surface area contributed by atoms with E-state index in [2.05, 4.69) is 15.6 Å². The zero-order chi connectivity index (χ0) is 28.9. The van der Waals surface area contributed by atoms with Gasteiger partial charge in [-0.3, -0.25) is 23.7 Å². The third kappa shape index (κ3) is 6.52. The highest BCUT2D eigenvalue weighted by Gasteiger charge is 2.52. The van der Waals surface area contributed by atoms with Crippen molar-refractivity contribution in [2.24, 2.45) is 0 Å². The molecule has 2 aliphatic heterocycles. The highest BCUT2D eigenvalue weighted by molar-refractivity contribution is 5.97. The van der Waals surface area contributed by atoms with Crippen molar-refractivity contribution in [1.29, 1.82) is 0 Å². The van der Waals surface area contributed by atoms with Gasteiger partial charge in [0.25, 0.3) is 5.91 Å². The minimum Gasteiger partial charge on any atom is -0.463 e. The van der Waals surface area contributed by atoms with Crippen LogP contribution in [0.3, 0.4) is 0 Å². The first kappa shape index (κ1) is 23.2. The van der Waals surface area contributed by atoms with Crippen molar-refractivity contribution in [3.05, 3.63) is 12.0 Å². The number of ether oxygens (including phenoxy) is 4. The van der Waals surface area contributed by atoms with Crippen LogP contribution in [0.15, 0.2) is 6.33 Å². The van der Waals surface area contributed by atoms with Crippen molar-refractivity contribution in [3.63, 3.8) is 0 Å². The van der Waals surface area contributed by atoms with Crippen LogP contribution < -0.4 is 10.6 Å². The second-order valence-electron chi connectivity index (χ2n) is 8.21. The minimum absolute atomic E-state index is 0.0732. The smallest absolute Gasteiger partial charge is 0.306 e. The number of esters is 3. The maximum Gasteiger partial charge on any atom is 0.306 e. The zero-order valence-electron chi connectivity index (χ0n) is 23.3. The number of amides is 1. The fourth-order valence-electron chi connectivity index (χ4n) is 3.83. The molecule has 2 aliphatic rings. The monoisotopic (exact) mass is 513 g/mol. The number of aromatic nitrogens is 2. The van der Waals surface area contributed by atoms with Crippen molar-refractivity contribution in [2.45, 2.75) is 90.0 Å². The van der Waals surface area contributed by atoms with Gasteiger partial charge in [-0.05, 0) is 19.2 Å². The number of carbonyl (C=O) groups excluding carboxylic acids is 4. The molecule has 5 unspecified atom stereocenters. The molecular formula is C23H34N4O9. The first-order chi connectivity index (χ1) is 18.3. The van der Waals surface area contributed by atoms with E-state index >= 15 is 0 Å². The Hall–Kier alpha value is -3.19. The summed E-state index contributed by atoms with van der Waals surface area (Å²) in [4.78, 5) is 53.9. The minimum atomic E-state index is -1.32. The Morgan fingerprint density at radius 3 is 2.36 bits per heavy atom. The summed E-state index contributed by atoms with van der Waals surface area (Å²) in [5, 5.41) is 15.1.